The molecule has 0 heterocycles. The summed E-state index contributed by atoms with van der Waals surface area (Å²) in [6.07, 6.45) is 9.80. The minimum atomic E-state index is -2.94. The first kappa shape index (κ1) is 24.0. The van der Waals surface area contributed by atoms with E-state index in [2.05, 4.69) is 31.4 Å². The van der Waals surface area contributed by atoms with Gasteiger partial charge in [0.05, 0.1) is 5.75 Å². The van der Waals surface area contributed by atoms with Gasteiger partial charge in [0.25, 0.3) is 0 Å². The molecule has 0 spiro atoms. The maximum atomic E-state index is 11.6. The van der Waals surface area contributed by atoms with Gasteiger partial charge in [-0.3, -0.25) is 4.99 Å². The van der Waals surface area contributed by atoms with Crippen LogP contribution in [0.25, 0.3) is 0 Å². The van der Waals surface area contributed by atoms with Crippen LogP contribution in [0.5, 0.6) is 0 Å². The van der Waals surface area contributed by atoms with E-state index in [-0.39, 0.29) is 35.1 Å². The Bertz CT molecular complexity index is 565. The Labute approximate surface area is 177 Å². The first-order chi connectivity index (χ1) is 11.7. The lowest BCUT2D eigenvalue weighted by molar-refractivity contribution is 0.234. The fourth-order valence-corrected chi connectivity index (χ4v) is 5.88. The van der Waals surface area contributed by atoms with E-state index < -0.39 is 9.84 Å². The molecule has 0 saturated heterocycles. The molecule has 2 fully saturated rings. The molecule has 0 aromatic rings. The van der Waals surface area contributed by atoms with Gasteiger partial charge in [0, 0.05) is 31.3 Å². The van der Waals surface area contributed by atoms with Gasteiger partial charge in [-0.05, 0) is 50.4 Å². The molecule has 5 nitrogen and oxygen atoms in total. The fourth-order valence-electron chi connectivity index (χ4n) is 4.38. The van der Waals surface area contributed by atoms with Crippen LogP contribution < -0.4 is 10.6 Å². The Morgan fingerprint density at radius 1 is 1.08 bits per heavy atom. The second-order valence-electron chi connectivity index (χ2n) is 8.92. The van der Waals surface area contributed by atoms with Crippen molar-refractivity contribution in [1.29, 1.82) is 0 Å². The first-order valence-electron chi connectivity index (χ1n) is 9.88. The SMILES string of the molecule is CCNC(=NCC1(CS(C)(=O)=O)CC1)NCC1(CC(C)C)CCCC1.I. The summed E-state index contributed by atoms with van der Waals surface area (Å²) in [5, 5.41) is 6.89. The third kappa shape index (κ3) is 7.90. The second kappa shape index (κ2) is 9.94. The highest BCUT2D eigenvalue weighted by atomic mass is 127. The summed E-state index contributed by atoms with van der Waals surface area (Å²) in [4.78, 5) is 4.73. The summed E-state index contributed by atoms with van der Waals surface area (Å²) < 4.78 is 23.2. The van der Waals surface area contributed by atoms with E-state index in [9.17, 15) is 8.42 Å². The van der Waals surface area contributed by atoms with E-state index in [4.69, 9.17) is 4.99 Å². The van der Waals surface area contributed by atoms with Gasteiger partial charge in [0.1, 0.15) is 9.84 Å². The van der Waals surface area contributed by atoms with Gasteiger partial charge in [0.2, 0.25) is 0 Å². The van der Waals surface area contributed by atoms with Gasteiger partial charge in [-0.2, -0.15) is 0 Å². The Kier molecular flexibility index (Phi) is 9.17. The Morgan fingerprint density at radius 3 is 2.15 bits per heavy atom. The molecule has 0 aromatic heterocycles. The Hall–Kier alpha value is -0.0500. The number of sulfone groups is 1. The van der Waals surface area contributed by atoms with E-state index in [1.807, 2.05) is 0 Å². The van der Waals surface area contributed by atoms with Crippen molar-refractivity contribution >= 4 is 39.8 Å². The van der Waals surface area contributed by atoms with Crippen LogP contribution in [-0.4, -0.2) is 46.0 Å². The van der Waals surface area contributed by atoms with Gasteiger partial charge in [-0.15, -0.1) is 24.0 Å². The summed E-state index contributed by atoms with van der Waals surface area (Å²) >= 11 is 0. The highest BCUT2D eigenvalue weighted by Crippen LogP contribution is 2.47. The lowest BCUT2D eigenvalue weighted by atomic mass is 9.78. The molecule has 0 aliphatic heterocycles. The monoisotopic (exact) mass is 499 g/mol. The quantitative estimate of drug-likeness (QED) is 0.289. The van der Waals surface area contributed by atoms with Crippen LogP contribution in [0.4, 0.5) is 0 Å². The number of nitrogens with one attached hydrogen (secondary N) is 2. The first-order valence-corrected chi connectivity index (χ1v) is 11.9. The van der Waals surface area contributed by atoms with Crippen molar-refractivity contribution in [3.8, 4) is 0 Å². The zero-order valence-electron chi connectivity index (χ0n) is 16.9. The van der Waals surface area contributed by atoms with Gasteiger partial charge in [-0.1, -0.05) is 26.7 Å². The number of hydrogen-bond acceptors (Lipinski definition) is 3. The molecule has 0 aromatic carbocycles. The number of nitrogens with zero attached hydrogens (tertiary/aromatic N) is 1. The summed E-state index contributed by atoms with van der Waals surface area (Å²) in [5.74, 6) is 1.82. The summed E-state index contributed by atoms with van der Waals surface area (Å²) in [7, 11) is -2.94. The van der Waals surface area contributed by atoms with Crippen molar-refractivity contribution in [2.24, 2.45) is 21.7 Å². The lowest BCUT2D eigenvalue weighted by Gasteiger charge is -2.32. The molecule has 0 atom stereocenters. The number of hydrogen-bond donors (Lipinski definition) is 2. The van der Waals surface area contributed by atoms with Crippen LogP contribution >= 0.6 is 24.0 Å². The normalized spacial score (nSPS) is 21.3. The van der Waals surface area contributed by atoms with Gasteiger partial charge >= 0.3 is 0 Å². The van der Waals surface area contributed by atoms with E-state index in [1.54, 1.807) is 0 Å². The standard InChI is InChI=1S/C19H37N3O2S.HI/c1-5-20-17(22-14-19(10-11-19)15-25(4,23)24)21-13-18(12-16(2)3)8-6-7-9-18;/h16H,5-15H2,1-4H3,(H2,20,21,22);1H. The number of aliphatic imine (C=N–C) groups is 1. The fraction of sp³-hybridized carbons (Fsp3) is 0.947. The van der Waals surface area contributed by atoms with Crippen molar-refractivity contribution in [3.63, 3.8) is 0 Å². The zero-order valence-corrected chi connectivity index (χ0v) is 20.1. The molecular formula is C19H38IN3O2S. The van der Waals surface area contributed by atoms with Crippen molar-refractivity contribution in [1.82, 2.24) is 10.6 Å². The number of guanidine groups is 1. The van der Waals surface area contributed by atoms with Crippen LogP contribution in [-0.2, 0) is 9.84 Å². The van der Waals surface area contributed by atoms with Gasteiger partial charge < -0.3 is 10.6 Å². The highest BCUT2D eigenvalue weighted by Gasteiger charge is 2.45. The molecule has 0 amide bonds. The molecule has 2 N–H and O–H groups in total. The highest BCUT2D eigenvalue weighted by molar-refractivity contribution is 14.0. The molecule has 2 rings (SSSR count). The molecule has 7 heteroatoms. The molecule has 0 bridgehead atoms. The second-order valence-corrected chi connectivity index (χ2v) is 11.1. The Morgan fingerprint density at radius 2 is 1.69 bits per heavy atom. The lowest BCUT2D eigenvalue weighted by Crippen LogP contribution is -2.43. The molecular weight excluding hydrogens is 461 g/mol. The van der Waals surface area contributed by atoms with Crippen molar-refractivity contribution < 1.29 is 8.42 Å². The third-order valence-corrected chi connectivity index (χ3v) is 6.72. The van der Waals surface area contributed by atoms with Crippen molar-refractivity contribution in [2.75, 3.05) is 31.6 Å². The summed E-state index contributed by atoms with van der Waals surface area (Å²) in [6, 6.07) is 0. The number of halogens is 1. The van der Waals surface area contributed by atoms with E-state index in [1.165, 1.54) is 38.4 Å². The summed E-state index contributed by atoms with van der Waals surface area (Å²) in [6.45, 7) is 9.08. The predicted molar refractivity (Wildman–Crippen MR) is 121 cm³/mol. The van der Waals surface area contributed by atoms with E-state index >= 15 is 0 Å². The minimum absolute atomic E-state index is 0. The van der Waals surface area contributed by atoms with Crippen LogP contribution in [0.2, 0.25) is 0 Å². The average Bonchev–Trinajstić information content (AvgIpc) is 3.07. The van der Waals surface area contributed by atoms with Crippen molar-refractivity contribution in [3.05, 3.63) is 0 Å². The smallest absolute Gasteiger partial charge is 0.191 e. The van der Waals surface area contributed by atoms with Crippen LogP contribution in [0.3, 0.4) is 0 Å². The van der Waals surface area contributed by atoms with Crippen LogP contribution in [0, 0.1) is 16.7 Å². The maximum absolute atomic E-state index is 11.6. The zero-order chi connectivity index (χ0) is 18.6. The third-order valence-electron chi connectivity index (χ3n) is 5.58. The molecule has 2 aliphatic rings. The van der Waals surface area contributed by atoms with Crippen molar-refractivity contribution in [2.45, 2.75) is 65.7 Å². The number of rotatable bonds is 9. The van der Waals surface area contributed by atoms with E-state index in [0.29, 0.717) is 17.9 Å². The molecule has 0 unspecified atom stereocenters. The van der Waals surface area contributed by atoms with Crippen LogP contribution in [0.15, 0.2) is 4.99 Å². The summed E-state index contributed by atoms with van der Waals surface area (Å²) in [5.41, 5.74) is 0.285. The molecule has 154 valence electrons. The Balaban J connectivity index is 0.00000338. The van der Waals surface area contributed by atoms with Gasteiger partial charge in [0.15, 0.2) is 5.96 Å². The average molecular weight is 500 g/mol. The largest absolute Gasteiger partial charge is 0.357 e. The molecule has 2 saturated carbocycles. The molecule has 2 aliphatic carbocycles. The van der Waals surface area contributed by atoms with E-state index in [0.717, 1.165) is 31.9 Å². The predicted octanol–water partition coefficient (Wildman–Crippen LogP) is 3.59. The van der Waals surface area contributed by atoms with Gasteiger partial charge in [-0.25, -0.2) is 8.42 Å². The minimum Gasteiger partial charge on any atom is -0.357 e. The maximum Gasteiger partial charge on any atom is 0.191 e. The topological polar surface area (TPSA) is 70.6 Å². The molecule has 26 heavy (non-hydrogen) atoms. The molecule has 0 radical (unpaired) electrons. The van der Waals surface area contributed by atoms with Crippen LogP contribution in [0.1, 0.15) is 65.7 Å².